The first-order valence-corrected chi connectivity index (χ1v) is 16.0. The second-order valence-electron chi connectivity index (χ2n) is 12.7. The number of carboxylic acids is 2. The molecule has 5 atom stereocenters. The highest BCUT2D eigenvalue weighted by Gasteiger charge is 2.34. The normalized spacial score (nSPS) is 14.1. The van der Waals surface area contributed by atoms with E-state index >= 15 is 0 Å². The Hall–Kier alpha value is -5.35. The van der Waals surface area contributed by atoms with Crippen molar-refractivity contribution in [2.75, 3.05) is 5.32 Å². The van der Waals surface area contributed by atoms with Crippen LogP contribution in [0.1, 0.15) is 73.2 Å². The molecule has 0 aliphatic carbocycles. The number of anilines is 1. The summed E-state index contributed by atoms with van der Waals surface area (Å²) in [7, 11) is 0. The molecule has 0 bridgehead atoms. The lowest BCUT2D eigenvalue weighted by Gasteiger charge is -2.29. The van der Waals surface area contributed by atoms with Crippen LogP contribution in [0.15, 0.2) is 48.5 Å². The zero-order valence-corrected chi connectivity index (χ0v) is 28.3. The molecule has 2 aromatic carbocycles. The molecule has 0 saturated heterocycles. The standard InChI is InChI=1S/C34H46N6O10/c1-17(2)12-25(39-32(47)27(18(3)4)40-30(45)23(35)10-11-26(41)42)31(46)38-24(13-19-8-6-5-7-9-19)28(43)33(48)37-22-15-20(29(36)44)14-21(16-22)34(49)50/h5-9,14-18,23-25,27-28,43H,10-13,35H2,1-4H3,(H2,36,44)(H,37,48)(H,38,46)(H,39,47)(H,40,45)(H,41,42)(H,49,50)/t23-,24-,25-,27-,28+/m0/s1. The second kappa shape index (κ2) is 19.0. The number of aliphatic hydroxyl groups is 1. The van der Waals surface area contributed by atoms with Gasteiger partial charge in [-0.15, -0.1) is 0 Å². The summed E-state index contributed by atoms with van der Waals surface area (Å²) in [6.45, 7) is 6.94. The smallest absolute Gasteiger partial charge is 0.335 e. The summed E-state index contributed by atoms with van der Waals surface area (Å²) >= 11 is 0. The van der Waals surface area contributed by atoms with Crippen LogP contribution in [0.5, 0.6) is 0 Å². The fourth-order valence-electron chi connectivity index (χ4n) is 4.93. The number of nitrogens with two attached hydrogens (primary N) is 2. The van der Waals surface area contributed by atoms with Crippen molar-refractivity contribution in [3.05, 3.63) is 65.2 Å². The molecule has 0 aromatic heterocycles. The van der Waals surface area contributed by atoms with Gasteiger partial charge in [-0.25, -0.2) is 4.79 Å². The summed E-state index contributed by atoms with van der Waals surface area (Å²) in [6, 6.07) is 7.10. The highest BCUT2D eigenvalue weighted by atomic mass is 16.4. The SMILES string of the molecule is CC(C)C[C@H](NC(=O)[C@@H](NC(=O)[C@@H](N)CCC(=O)O)C(C)C)C(=O)N[C@@H](Cc1ccccc1)[C@@H](O)C(=O)Nc1cc(C(N)=O)cc(C(=O)O)c1. The summed E-state index contributed by atoms with van der Waals surface area (Å²) < 4.78 is 0. The number of amides is 5. The summed E-state index contributed by atoms with van der Waals surface area (Å²) in [5.41, 5.74) is 11.1. The van der Waals surface area contributed by atoms with Crippen LogP contribution in [-0.4, -0.2) is 87.1 Å². The highest BCUT2D eigenvalue weighted by Crippen LogP contribution is 2.17. The minimum Gasteiger partial charge on any atom is -0.481 e. The number of nitrogens with one attached hydrogen (secondary N) is 4. The van der Waals surface area contributed by atoms with Gasteiger partial charge < -0.3 is 48.1 Å². The Kier molecular flexibility index (Phi) is 15.5. The van der Waals surface area contributed by atoms with Crippen molar-refractivity contribution in [1.29, 1.82) is 0 Å². The van der Waals surface area contributed by atoms with E-state index < -0.39 is 77.7 Å². The number of benzene rings is 2. The molecule has 0 heterocycles. The Balaban J connectivity index is 2.34. The Morgan fingerprint density at radius 2 is 1.40 bits per heavy atom. The molecule has 0 radical (unpaired) electrons. The van der Waals surface area contributed by atoms with Gasteiger partial charge in [-0.05, 0) is 54.9 Å². The highest BCUT2D eigenvalue weighted by molar-refractivity contribution is 6.01. The minimum absolute atomic E-state index is 0.0376. The molecule has 11 N–H and O–H groups in total. The number of aliphatic carboxylic acids is 1. The van der Waals surface area contributed by atoms with Gasteiger partial charge in [0.15, 0.2) is 6.10 Å². The molecule has 0 unspecified atom stereocenters. The first kappa shape index (κ1) is 40.8. The van der Waals surface area contributed by atoms with Gasteiger partial charge in [-0.1, -0.05) is 58.0 Å². The van der Waals surface area contributed by atoms with Crippen LogP contribution in [0.2, 0.25) is 0 Å². The quantitative estimate of drug-likeness (QED) is 0.0966. The van der Waals surface area contributed by atoms with Crippen LogP contribution in [0, 0.1) is 11.8 Å². The van der Waals surface area contributed by atoms with E-state index in [0.717, 1.165) is 18.2 Å². The lowest BCUT2D eigenvalue weighted by Crippen LogP contribution is -2.59. The van der Waals surface area contributed by atoms with E-state index in [4.69, 9.17) is 16.6 Å². The van der Waals surface area contributed by atoms with Crippen molar-refractivity contribution in [3.8, 4) is 0 Å². The van der Waals surface area contributed by atoms with Crippen molar-refractivity contribution in [2.24, 2.45) is 23.3 Å². The summed E-state index contributed by atoms with van der Waals surface area (Å²) in [5.74, 6) is -7.27. The molecule has 16 heteroatoms. The van der Waals surface area contributed by atoms with E-state index in [1.165, 1.54) is 0 Å². The molecule has 272 valence electrons. The van der Waals surface area contributed by atoms with Crippen LogP contribution in [0.3, 0.4) is 0 Å². The third-order valence-corrected chi connectivity index (χ3v) is 7.60. The number of primary amides is 1. The maximum Gasteiger partial charge on any atom is 0.335 e. The van der Waals surface area contributed by atoms with E-state index in [0.29, 0.717) is 5.56 Å². The monoisotopic (exact) mass is 698 g/mol. The minimum atomic E-state index is -1.91. The van der Waals surface area contributed by atoms with E-state index in [1.807, 2.05) is 13.8 Å². The van der Waals surface area contributed by atoms with Crippen LogP contribution in [0.25, 0.3) is 0 Å². The van der Waals surface area contributed by atoms with Gasteiger partial charge in [-0.2, -0.15) is 0 Å². The van der Waals surface area contributed by atoms with E-state index in [9.17, 15) is 43.8 Å². The maximum atomic E-state index is 13.8. The van der Waals surface area contributed by atoms with Gasteiger partial charge in [-0.3, -0.25) is 28.8 Å². The Morgan fingerprint density at radius 3 is 1.94 bits per heavy atom. The Morgan fingerprint density at radius 1 is 0.780 bits per heavy atom. The van der Waals surface area contributed by atoms with Crippen LogP contribution in [0.4, 0.5) is 5.69 Å². The molecule has 0 fully saturated rings. The molecular weight excluding hydrogens is 652 g/mol. The van der Waals surface area contributed by atoms with Gasteiger partial charge in [0.2, 0.25) is 23.6 Å². The molecule has 0 spiro atoms. The molecule has 0 aliphatic rings. The predicted octanol–water partition coefficient (Wildman–Crippen LogP) is 0.374. The van der Waals surface area contributed by atoms with Crippen LogP contribution < -0.4 is 32.7 Å². The number of hydrogen-bond acceptors (Lipinski definition) is 9. The topological polar surface area (TPSA) is 280 Å². The summed E-state index contributed by atoms with van der Waals surface area (Å²) in [6.07, 6.45) is -2.31. The average molecular weight is 699 g/mol. The molecule has 0 saturated carbocycles. The van der Waals surface area contributed by atoms with Gasteiger partial charge in [0.1, 0.15) is 12.1 Å². The molecule has 16 nitrogen and oxygen atoms in total. The first-order valence-electron chi connectivity index (χ1n) is 16.0. The number of aromatic carboxylic acids is 1. The van der Waals surface area contributed by atoms with Crippen molar-refractivity contribution < 1.29 is 48.9 Å². The third kappa shape index (κ3) is 12.9. The first-order chi connectivity index (χ1) is 23.4. The third-order valence-electron chi connectivity index (χ3n) is 7.60. The van der Waals surface area contributed by atoms with Crippen molar-refractivity contribution in [3.63, 3.8) is 0 Å². The Labute approximate surface area is 289 Å². The number of rotatable bonds is 19. The number of carbonyl (C=O) groups excluding carboxylic acids is 5. The van der Waals surface area contributed by atoms with Gasteiger partial charge >= 0.3 is 11.9 Å². The average Bonchev–Trinajstić information content (AvgIpc) is 3.04. The van der Waals surface area contributed by atoms with E-state index in [-0.39, 0.29) is 48.4 Å². The Bertz CT molecular complexity index is 1520. The molecule has 2 aromatic rings. The van der Waals surface area contributed by atoms with Crippen molar-refractivity contribution in [1.82, 2.24) is 16.0 Å². The number of aliphatic hydroxyl groups excluding tert-OH is 1. The summed E-state index contributed by atoms with van der Waals surface area (Å²) in [4.78, 5) is 87.4. The molecule has 5 amide bonds. The zero-order chi connectivity index (χ0) is 37.7. The zero-order valence-electron chi connectivity index (χ0n) is 28.3. The van der Waals surface area contributed by atoms with Crippen LogP contribution in [-0.2, 0) is 30.4 Å². The lowest BCUT2D eigenvalue weighted by molar-refractivity contribution is -0.137. The molecular formula is C34H46N6O10. The van der Waals surface area contributed by atoms with E-state index in [2.05, 4.69) is 21.3 Å². The summed E-state index contributed by atoms with van der Waals surface area (Å²) in [5, 5.41) is 39.8. The van der Waals surface area contributed by atoms with Crippen molar-refractivity contribution >= 4 is 47.2 Å². The largest absolute Gasteiger partial charge is 0.481 e. The lowest BCUT2D eigenvalue weighted by atomic mass is 9.97. The predicted molar refractivity (Wildman–Crippen MR) is 182 cm³/mol. The molecule has 0 aliphatic heterocycles. The van der Waals surface area contributed by atoms with Crippen LogP contribution >= 0.6 is 0 Å². The second-order valence-corrected chi connectivity index (χ2v) is 12.7. The van der Waals surface area contributed by atoms with Gasteiger partial charge in [0, 0.05) is 17.7 Å². The fraction of sp³-hybridized carbons (Fsp3) is 0.441. The number of carboxylic acid groups (broad SMARTS) is 2. The van der Waals surface area contributed by atoms with E-state index in [1.54, 1.807) is 44.2 Å². The fourth-order valence-corrected chi connectivity index (χ4v) is 4.93. The molecule has 2 rings (SSSR count). The van der Waals surface area contributed by atoms with Gasteiger partial charge in [0.25, 0.3) is 5.91 Å². The molecule has 50 heavy (non-hydrogen) atoms. The number of hydrogen-bond donors (Lipinski definition) is 9. The number of carbonyl (C=O) groups is 7. The van der Waals surface area contributed by atoms with Gasteiger partial charge in [0.05, 0.1) is 17.6 Å². The maximum absolute atomic E-state index is 13.8. The van der Waals surface area contributed by atoms with Crippen molar-refractivity contribution in [2.45, 2.75) is 83.6 Å².